The maximum Gasteiger partial charge on any atom is 0.261 e. The second kappa shape index (κ2) is 14.9. The molecule has 12 nitrogen and oxygen atoms in total. The number of amides is 1. The molecular weight excluding hydrogens is 512 g/mol. The van der Waals surface area contributed by atoms with Gasteiger partial charge in [0.2, 0.25) is 16.0 Å². The number of hydrogen-bond acceptors (Lipinski definition) is 10. The maximum absolute atomic E-state index is 13.3. The second-order valence-corrected chi connectivity index (χ2v) is 10.6. The molecular formula is C25H38N6O6S. The highest BCUT2D eigenvalue weighted by Gasteiger charge is 2.26. The number of unbranched alkanes of at least 4 members (excludes halogenated alkanes) is 1. The van der Waals surface area contributed by atoms with E-state index in [1.807, 2.05) is 4.90 Å². The Labute approximate surface area is 224 Å². The lowest BCUT2D eigenvalue weighted by Crippen LogP contribution is -2.40. The van der Waals surface area contributed by atoms with Crippen LogP contribution in [0.2, 0.25) is 0 Å². The van der Waals surface area contributed by atoms with Crippen LogP contribution in [0.15, 0.2) is 35.4 Å². The van der Waals surface area contributed by atoms with Gasteiger partial charge in [-0.05, 0) is 30.7 Å². The lowest BCUT2D eigenvalue weighted by Gasteiger charge is -2.26. The molecule has 1 fully saturated rings. The number of carbonyl (C=O) groups is 1. The zero-order valence-corrected chi connectivity index (χ0v) is 23.1. The molecule has 2 aromatic rings. The van der Waals surface area contributed by atoms with E-state index in [-0.39, 0.29) is 10.5 Å². The minimum Gasteiger partial charge on any atom is -0.383 e. The predicted octanol–water partition coefficient (Wildman–Crippen LogP) is 2.06. The van der Waals surface area contributed by atoms with Gasteiger partial charge in [-0.3, -0.25) is 4.79 Å². The lowest BCUT2D eigenvalue weighted by atomic mass is 10.2. The first kappa shape index (κ1) is 29.7. The van der Waals surface area contributed by atoms with Crippen molar-refractivity contribution in [1.82, 2.24) is 14.3 Å². The summed E-state index contributed by atoms with van der Waals surface area (Å²) in [7, 11) is -0.399. The van der Waals surface area contributed by atoms with Crippen LogP contribution in [0, 0.1) is 0 Å². The number of benzene rings is 1. The van der Waals surface area contributed by atoms with Crippen LogP contribution in [0.25, 0.3) is 0 Å². The van der Waals surface area contributed by atoms with Crippen LogP contribution in [0.5, 0.6) is 0 Å². The summed E-state index contributed by atoms with van der Waals surface area (Å²) in [5.74, 6) is 0.475. The van der Waals surface area contributed by atoms with Gasteiger partial charge in [0.05, 0.1) is 31.3 Å². The van der Waals surface area contributed by atoms with E-state index in [9.17, 15) is 13.2 Å². The van der Waals surface area contributed by atoms with Crippen LogP contribution in [-0.2, 0) is 24.2 Å². The van der Waals surface area contributed by atoms with E-state index in [1.165, 1.54) is 22.6 Å². The Balaban J connectivity index is 1.82. The van der Waals surface area contributed by atoms with E-state index in [0.29, 0.717) is 70.1 Å². The van der Waals surface area contributed by atoms with Crippen molar-refractivity contribution < 1.29 is 27.4 Å². The zero-order chi connectivity index (χ0) is 27.4. The fraction of sp³-hybridized carbons (Fsp3) is 0.560. The summed E-state index contributed by atoms with van der Waals surface area (Å²) in [6.45, 7) is 6.07. The third-order valence-corrected chi connectivity index (χ3v) is 7.89. The molecule has 3 rings (SSSR count). The highest BCUT2D eigenvalue weighted by Crippen LogP contribution is 2.23. The van der Waals surface area contributed by atoms with Crippen molar-refractivity contribution in [1.29, 1.82) is 0 Å². The van der Waals surface area contributed by atoms with Gasteiger partial charge < -0.3 is 29.7 Å². The molecule has 1 aromatic carbocycles. The first-order chi connectivity index (χ1) is 18.4. The molecule has 0 bridgehead atoms. The number of nitrogens with one attached hydrogen (secondary N) is 2. The molecule has 0 radical (unpaired) electrons. The van der Waals surface area contributed by atoms with Gasteiger partial charge in [-0.2, -0.15) is 9.29 Å². The number of ether oxygens (including phenoxy) is 3. The van der Waals surface area contributed by atoms with Crippen LogP contribution >= 0.6 is 0 Å². The summed E-state index contributed by atoms with van der Waals surface area (Å²) in [5, 5.41) is 6.04. The quantitative estimate of drug-likeness (QED) is 0.317. The number of rotatable bonds is 15. The molecule has 1 aromatic heterocycles. The van der Waals surface area contributed by atoms with Crippen LogP contribution in [-0.4, -0.2) is 102 Å². The molecule has 210 valence electrons. The average Bonchev–Trinajstić information content (AvgIpc) is 2.94. The van der Waals surface area contributed by atoms with E-state index in [4.69, 9.17) is 14.2 Å². The Hall–Kier alpha value is -2.84. The van der Waals surface area contributed by atoms with Crippen molar-refractivity contribution in [3.8, 4) is 0 Å². The fourth-order valence-electron chi connectivity index (χ4n) is 3.81. The molecule has 2 heterocycles. The molecule has 13 heteroatoms. The number of morpholine rings is 1. The zero-order valence-electron chi connectivity index (χ0n) is 22.3. The number of carbonyl (C=O) groups excluding carboxylic acids is 1. The molecule has 0 unspecified atom stereocenters. The molecule has 1 saturated heterocycles. The van der Waals surface area contributed by atoms with Gasteiger partial charge in [0.25, 0.3) is 5.91 Å². The summed E-state index contributed by atoms with van der Waals surface area (Å²) in [6, 6.07) is 6.12. The summed E-state index contributed by atoms with van der Waals surface area (Å²) in [6.07, 6.45) is 3.49. The highest BCUT2D eigenvalue weighted by molar-refractivity contribution is 7.89. The predicted molar refractivity (Wildman–Crippen MR) is 145 cm³/mol. The molecule has 1 aliphatic rings. The maximum atomic E-state index is 13.3. The molecule has 1 amide bonds. The molecule has 38 heavy (non-hydrogen) atoms. The number of hydrogen-bond donors (Lipinski definition) is 2. The average molecular weight is 551 g/mol. The molecule has 0 atom stereocenters. The standard InChI is InChI=1S/C25H38N6O6S/c1-4-5-10-26-25-27-19-22(23(29-25)30(11-15-35-2)12-16-36-3)24(32)28-20-6-8-21(9-7-20)38(33,34)31-13-17-37-18-14-31/h6-9,19H,4-5,10-18H2,1-3H3,(H,28,32)(H,26,27,29). The number of sulfonamides is 1. The topological polar surface area (TPSA) is 135 Å². The van der Waals surface area contributed by atoms with Gasteiger partial charge in [0, 0.05) is 58.8 Å². The molecule has 0 saturated carbocycles. The summed E-state index contributed by atoms with van der Waals surface area (Å²) >= 11 is 0. The number of aromatic nitrogens is 2. The van der Waals surface area contributed by atoms with Crippen LogP contribution < -0.4 is 15.5 Å². The first-order valence-corrected chi connectivity index (χ1v) is 14.2. The van der Waals surface area contributed by atoms with E-state index >= 15 is 0 Å². The third kappa shape index (κ3) is 8.08. The second-order valence-electron chi connectivity index (χ2n) is 8.68. The number of anilines is 3. The van der Waals surface area contributed by atoms with Crippen molar-refractivity contribution in [2.24, 2.45) is 0 Å². The minimum absolute atomic E-state index is 0.161. The Bertz CT molecular complexity index is 1120. The van der Waals surface area contributed by atoms with Crippen molar-refractivity contribution in [2.75, 3.05) is 88.9 Å². The third-order valence-electron chi connectivity index (χ3n) is 5.98. The first-order valence-electron chi connectivity index (χ1n) is 12.7. The fourth-order valence-corrected chi connectivity index (χ4v) is 5.22. The van der Waals surface area contributed by atoms with Gasteiger partial charge in [-0.25, -0.2) is 13.4 Å². The summed E-state index contributed by atoms with van der Waals surface area (Å²) in [5.41, 5.74) is 0.732. The monoisotopic (exact) mass is 550 g/mol. The van der Waals surface area contributed by atoms with Gasteiger partial charge in [-0.1, -0.05) is 13.3 Å². The summed E-state index contributed by atoms with van der Waals surface area (Å²) in [4.78, 5) is 24.4. The Morgan fingerprint density at radius 1 is 1.11 bits per heavy atom. The van der Waals surface area contributed by atoms with E-state index in [1.54, 1.807) is 26.4 Å². The van der Waals surface area contributed by atoms with Crippen LogP contribution in [0.3, 0.4) is 0 Å². The Morgan fingerprint density at radius 2 is 1.76 bits per heavy atom. The smallest absolute Gasteiger partial charge is 0.261 e. The Kier molecular flexibility index (Phi) is 11.7. The van der Waals surface area contributed by atoms with Crippen molar-refractivity contribution >= 4 is 33.4 Å². The van der Waals surface area contributed by atoms with Gasteiger partial charge >= 0.3 is 0 Å². The van der Waals surface area contributed by atoms with Crippen molar-refractivity contribution in [3.63, 3.8) is 0 Å². The van der Waals surface area contributed by atoms with Gasteiger partial charge in [-0.15, -0.1) is 0 Å². The van der Waals surface area contributed by atoms with E-state index in [0.717, 1.165) is 19.4 Å². The van der Waals surface area contributed by atoms with E-state index in [2.05, 4.69) is 27.5 Å². The van der Waals surface area contributed by atoms with Crippen LogP contribution in [0.4, 0.5) is 17.5 Å². The normalized spacial score (nSPS) is 14.3. The van der Waals surface area contributed by atoms with Gasteiger partial charge in [0.1, 0.15) is 11.4 Å². The summed E-state index contributed by atoms with van der Waals surface area (Å²) < 4.78 is 43.0. The number of nitrogens with zero attached hydrogens (tertiary/aromatic N) is 4. The molecule has 2 N–H and O–H groups in total. The Morgan fingerprint density at radius 3 is 2.37 bits per heavy atom. The van der Waals surface area contributed by atoms with E-state index < -0.39 is 15.9 Å². The van der Waals surface area contributed by atoms with Crippen molar-refractivity contribution in [2.45, 2.75) is 24.7 Å². The SMILES string of the molecule is CCCCNc1ncc(C(=O)Nc2ccc(S(=O)(=O)N3CCOCC3)cc2)c(N(CCOC)CCOC)n1. The van der Waals surface area contributed by atoms with Crippen molar-refractivity contribution in [3.05, 3.63) is 36.0 Å². The molecule has 0 aliphatic carbocycles. The minimum atomic E-state index is -3.63. The highest BCUT2D eigenvalue weighted by atomic mass is 32.2. The van der Waals surface area contributed by atoms with Gasteiger partial charge in [0.15, 0.2) is 0 Å². The van der Waals surface area contributed by atoms with Crippen LogP contribution in [0.1, 0.15) is 30.1 Å². The largest absolute Gasteiger partial charge is 0.383 e. The lowest BCUT2D eigenvalue weighted by molar-refractivity contribution is 0.0730. The molecule has 1 aliphatic heterocycles. The molecule has 0 spiro atoms. The number of methoxy groups -OCH3 is 2.